The zero-order valence-electron chi connectivity index (χ0n) is 21.3. The van der Waals surface area contributed by atoms with E-state index in [4.69, 9.17) is 25.8 Å². The SMILES string of the molecule is COc1ccc(/C=C(\NC(C)=O)C(=O)Nc2ccc(NC(=O)C(C)Oc3ccccc3Cl)cc2)cc1OC. The summed E-state index contributed by atoms with van der Waals surface area (Å²) in [7, 11) is 3.03. The number of halogens is 1. The molecule has 3 aromatic rings. The van der Waals surface area contributed by atoms with E-state index < -0.39 is 17.9 Å². The number of rotatable bonds is 10. The van der Waals surface area contributed by atoms with Crippen LogP contribution in [0.25, 0.3) is 6.08 Å². The number of amides is 3. The largest absolute Gasteiger partial charge is 0.493 e. The number of carbonyl (C=O) groups excluding carboxylic acids is 3. The summed E-state index contributed by atoms with van der Waals surface area (Å²) in [5, 5.41) is 8.44. The van der Waals surface area contributed by atoms with Crippen molar-refractivity contribution in [2.75, 3.05) is 24.9 Å². The molecule has 0 radical (unpaired) electrons. The number of hydrogen-bond donors (Lipinski definition) is 3. The monoisotopic (exact) mass is 537 g/mol. The lowest BCUT2D eigenvalue weighted by molar-refractivity contribution is -0.122. The van der Waals surface area contributed by atoms with E-state index in [1.54, 1.807) is 73.7 Å². The van der Waals surface area contributed by atoms with Gasteiger partial charge < -0.3 is 30.2 Å². The van der Waals surface area contributed by atoms with Crippen LogP contribution in [0.15, 0.2) is 72.4 Å². The number of methoxy groups -OCH3 is 2. The molecule has 10 heteroatoms. The maximum absolute atomic E-state index is 12.9. The highest BCUT2D eigenvalue weighted by Gasteiger charge is 2.17. The van der Waals surface area contributed by atoms with E-state index in [1.165, 1.54) is 27.2 Å². The van der Waals surface area contributed by atoms with Crippen LogP contribution in [0.5, 0.6) is 17.2 Å². The van der Waals surface area contributed by atoms with Gasteiger partial charge in [-0.25, -0.2) is 0 Å². The van der Waals surface area contributed by atoms with Gasteiger partial charge in [-0.2, -0.15) is 0 Å². The Morgan fingerprint density at radius 3 is 2.08 bits per heavy atom. The van der Waals surface area contributed by atoms with Crippen LogP contribution in [0.1, 0.15) is 19.4 Å². The second-order valence-corrected chi connectivity index (χ2v) is 8.47. The average Bonchev–Trinajstić information content (AvgIpc) is 2.90. The van der Waals surface area contributed by atoms with Gasteiger partial charge in [-0.15, -0.1) is 0 Å². The molecule has 0 bridgehead atoms. The molecular weight excluding hydrogens is 510 g/mol. The zero-order chi connectivity index (χ0) is 27.7. The number of para-hydroxylation sites is 1. The minimum absolute atomic E-state index is 0.0349. The molecule has 0 aliphatic rings. The zero-order valence-corrected chi connectivity index (χ0v) is 22.1. The predicted octanol–water partition coefficient (Wildman–Crippen LogP) is 4.88. The highest BCUT2D eigenvalue weighted by Crippen LogP contribution is 2.28. The maximum atomic E-state index is 12.9. The number of benzene rings is 3. The Kier molecular flexibility index (Phi) is 9.72. The predicted molar refractivity (Wildman–Crippen MR) is 147 cm³/mol. The molecule has 9 nitrogen and oxygen atoms in total. The maximum Gasteiger partial charge on any atom is 0.272 e. The molecule has 0 aliphatic carbocycles. The third-order valence-corrected chi connectivity index (χ3v) is 5.51. The van der Waals surface area contributed by atoms with Gasteiger partial charge in [0.1, 0.15) is 11.4 Å². The van der Waals surface area contributed by atoms with Crippen LogP contribution in [0.2, 0.25) is 5.02 Å². The van der Waals surface area contributed by atoms with Crippen LogP contribution in [0, 0.1) is 0 Å². The fourth-order valence-electron chi connectivity index (χ4n) is 3.32. The van der Waals surface area contributed by atoms with Gasteiger partial charge in [0.15, 0.2) is 17.6 Å². The number of anilines is 2. The van der Waals surface area contributed by atoms with E-state index in [1.807, 2.05) is 0 Å². The van der Waals surface area contributed by atoms with Crippen molar-refractivity contribution in [3.05, 3.63) is 83.0 Å². The third-order valence-electron chi connectivity index (χ3n) is 5.19. The molecule has 0 saturated carbocycles. The lowest BCUT2D eigenvalue weighted by atomic mass is 10.1. The normalized spacial score (nSPS) is 11.7. The molecule has 3 aromatic carbocycles. The van der Waals surface area contributed by atoms with Crippen molar-refractivity contribution in [3.63, 3.8) is 0 Å². The lowest BCUT2D eigenvalue weighted by Gasteiger charge is -2.16. The van der Waals surface area contributed by atoms with Gasteiger partial charge in [0, 0.05) is 18.3 Å². The Bertz CT molecular complexity index is 1340. The Morgan fingerprint density at radius 1 is 0.842 bits per heavy atom. The molecule has 0 saturated heterocycles. The summed E-state index contributed by atoms with van der Waals surface area (Å²) in [4.78, 5) is 37.2. The number of ether oxygens (including phenoxy) is 3. The van der Waals surface area contributed by atoms with Crippen molar-refractivity contribution < 1.29 is 28.6 Å². The first-order valence-corrected chi connectivity index (χ1v) is 11.9. The van der Waals surface area contributed by atoms with Gasteiger partial charge in [0.05, 0.1) is 19.2 Å². The van der Waals surface area contributed by atoms with Crippen molar-refractivity contribution in [3.8, 4) is 17.2 Å². The number of carbonyl (C=O) groups is 3. The van der Waals surface area contributed by atoms with Crippen molar-refractivity contribution in [1.82, 2.24) is 5.32 Å². The summed E-state index contributed by atoms with van der Waals surface area (Å²) in [6, 6.07) is 18.5. The van der Waals surface area contributed by atoms with E-state index in [-0.39, 0.29) is 11.6 Å². The van der Waals surface area contributed by atoms with E-state index in [2.05, 4.69) is 16.0 Å². The minimum Gasteiger partial charge on any atom is -0.493 e. The molecule has 0 spiro atoms. The Hall–Kier alpha value is -4.50. The summed E-state index contributed by atoms with van der Waals surface area (Å²) < 4.78 is 16.2. The van der Waals surface area contributed by atoms with Gasteiger partial charge in [0.25, 0.3) is 11.8 Å². The molecule has 3 amide bonds. The van der Waals surface area contributed by atoms with Crippen molar-refractivity contribution in [2.45, 2.75) is 20.0 Å². The van der Waals surface area contributed by atoms with Crippen LogP contribution in [-0.4, -0.2) is 38.0 Å². The van der Waals surface area contributed by atoms with Gasteiger partial charge in [-0.1, -0.05) is 29.8 Å². The molecule has 0 aromatic heterocycles. The Balaban J connectivity index is 1.67. The first-order chi connectivity index (χ1) is 18.2. The van der Waals surface area contributed by atoms with E-state index in [0.717, 1.165) is 0 Å². The summed E-state index contributed by atoms with van der Waals surface area (Å²) in [6.07, 6.45) is 0.726. The summed E-state index contributed by atoms with van der Waals surface area (Å²) in [5.41, 5.74) is 1.61. The molecular formula is C28H28ClN3O6. The second kappa shape index (κ2) is 13.2. The fraction of sp³-hybridized carbons (Fsp3) is 0.179. The highest BCUT2D eigenvalue weighted by atomic mass is 35.5. The van der Waals surface area contributed by atoms with Gasteiger partial charge in [0.2, 0.25) is 5.91 Å². The minimum atomic E-state index is -0.795. The van der Waals surface area contributed by atoms with Crippen LogP contribution in [-0.2, 0) is 14.4 Å². The van der Waals surface area contributed by atoms with Crippen molar-refractivity contribution in [1.29, 1.82) is 0 Å². The molecule has 0 aliphatic heterocycles. The molecule has 3 N–H and O–H groups in total. The van der Waals surface area contributed by atoms with Crippen LogP contribution < -0.4 is 30.2 Å². The van der Waals surface area contributed by atoms with E-state index in [0.29, 0.717) is 39.2 Å². The quantitative estimate of drug-likeness (QED) is 0.318. The topological polar surface area (TPSA) is 115 Å². The first kappa shape index (κ1) is 28.1. The lowest BCUT2D eigenvalue weighted by Crippen LogP contribution is -2.30. The number of nitrogens with one attached hydrogen (secondary N) is 3. The molecule has 1 unspecified atom stereocenters. The summed E-state index contributed by atoms with van der Waals surface area (Å²) >= 11 is 6.08. The second-order valence-electron chi connectivity index (χ2n) is 8.06. The first-order valence-electron chi connectivity index (χ1n) is 11.5. The molecule has 0 heterocycles. The molecule has 1 atom stereocenters. The Morgan fingerprint density at radius 2 is 1.47 bits per heavy atom. The molecule has 0 fully saturated rings. The summed E-state index contributed by atoms with van der Waals surface area (Å²) in [5.74, 6) is 0.116. The standard InChI is InChI=1S/C28H28ClN3O6/c1-17(38-24-8-6-5-7-22(24)29)27(34)31-20-10-12-21(13-11-20)32-28(35)23(30-18(2)33)15-19-9-14-25(36-3)26(16-19)37-4/h5-17H,1-4H3,(H,30,33)(H,31,34)(H,32,35)/b23-15-. The van der Waals surface area contributed by atoms with Crippen LogP contribution in [0.4, 0.5) is 11.4 Å². The molecule has 38 heavy (non-hydrogen) atoms. The van der Waals surface area contributed by atoms with E-state index >= 15 is 0 Å². The van der Waals surface area contributed by atoms with Crippen molar-refractivity contribution >= 4 is 46.8 Å². The number of hydrogen-bond acceptors (Lipinski definition) is 6. The third kappa shape index (κ3) is 7.75. The smallest absolute Gasteiger partial charge is 0.272 e. The van der Waals surface area contributed by atoms with Crippen molar-refractivity contribution in [2.24, 2.45) is 0 Å². The average molecular weight is 538 g/mol. The van der Waals surface area contributed by atoms with Crippen LogP contribution >= 0.6 is 11.6 Å². The molecule has 3 rings (SSSR count). The highest BCUT2D eigenvalue weighted by molar-refractivity contribution is 6.32. The molecule has 198 valence electrons. The fourth-order valence-corrected chi connectivity index (χ4v) is 3.50. The van der Waals surface area contributed by atoms with Gasteiger partial charge in [-0.05, 0) is 67.1 Å². The van der Waals surface area contributed by atoms with Gasteiger partial charge >= 0.3 is 0 Å². The van der Waals surface area contributed by atoms with Crippen LogP contribution in [0.3, 0.4) is 0 Å². The van der Waals surface area contributed by atoms with Gasteiger partial charge in [-0.3, -0.25) is 14.4 Å². The van der Waals surface area contributed by atoms with E-state index in [9.17, 15) is 14.4 Å². The summed E-state index contributed by atoms with van der Waals surface area (Å²) in [6.45, 7) is 2.92. The Labute approximate surface area is 225 Å².